The summed E-state index contributed by atoms with van der Waals surface area (Å²) in [5.74, 6) is 0.783. The van der Waals surface area contributed by atoms with E-state index in [1.807, 2.05) is 41.1 Å². The van der Waals surface area contributed by atoms with Gasteiger partial charge in [-0.1, -0.05) is 30.3 Å². The molecule has 0 spiro atoms. The van der Waals surface area contributed by atoms with Crippen molar-refractivity contribution in [1.29, 1.82) is 0 Å². The molecular weight excluding hydrogens is 268 g/mol. The molecule has 0 aliphatic rings. The van der Waals surface area contributed by atoms with Crippen LogP contribution in [0.5, 0.6) is 0 Å². The van der Waals surface area contributed by atoms with Gasteiger partial charge in [0.25, 0.3) is 0 Å². The van der Waals surface area contributed by atoms with E-state index in [4.69, 9.17) is 5.11 Å². The fourth-order valence-corrected chi connectivity index (χ4v) is 1.91. The molecule has 6 nitrogen and oxygen atoms in total. The zero-order valence-corrected chi connectivity index (χ0v) is 12.0. The van der Waals surface area contributed by atoms with Gasteiger partial charge in [-0.05, 0) is 12.5 Å². The van der Waals surface area contributed by atoms with Crippen LogP contribution >= 0.6 is 0 Å². The van der Waals surface area contributed by atoms with Crippen molar-refractivity contribution < 1.29 is 9.90 Å². The molecule has 0 aliphatic carbocycles. The Hall–Kier alpha value is -2.34. The van der Waals surface area contributed by atoms with Gasteiger partial charge < -0.3 is 20.3 Å². The number of aliphatic hydroxyl groups excluding tert-OH is 1. The van der Waals surface area contributed by atoms with Crippen LogP contribution in [0, 0.1) is 0 Å². The minimum absolute atomic E-state index is 0.0872. The van der Waals surface area contributed by atoms with Gasteiger partial charge in [0.1, 0.15) is 5.82 Å². The predicted octanol–water partition coefficient (Wildman–Crippen LogP) is 1.11. The highest BCUT2D eigenvalue weighted by molar-refractivity contribution is 5.74. The molecule has 0 bridgehead atoms. The van der Waals surface area contributed by atoms with E-state index in [1.54, 1.807) is 13.1 Å². The second-order valence-electron chi connectivity index (χ2n) is 4.87. The normalized spacial score (nSPS) is 11.9. The molecule has 0 radical (unpaired) electrons. The van der Waals surface area contributed by atoms with Crippen molar-refractivity contribution in [2.24, 2.45) is 0 Å². The highest BCUT2D eigenvalue weighted by atomic mass is 16.3. The van der Waals surface area contributed by atoms with Crippen LogP contribution in [0.25, 0.3) is 0 Å². The maximum atomic E-state index is 11.6. The summed E-state index contributed by atoms with van der Waals surface area (Å²) in [6.45, 7) is 2.70. The van der Waals surface area contributed by atoms with Crippen LogP contribution in [0.2, 0.25) is 0 Å². The second-order valence-corrected chi connectivity index (χ2v) is 4.87. The topological polar surface area (TPSA) is 79.2 Å². The number of hydrogen-bond donors (Lipinski definition) is 3. The highest BCUT2D eigenvalue weighted by Crippen LogP contribution is 2.05. The standard InChI is InChI=1S/C15H20N4O2/c1-12(11-20)18-15(21)17-9-14-16-7-8-19(14)10-13-5-3-2-4-6-13/h2-8,12,20H,9-11H2,1H3,(H2,17,18,21)/t12-/m0/s1. The molecule has 6 heteroatoms. The van der Waals surface area contributed by atoms with E-state index in [-0.39, 0.29) is 18.7 Å². The van der Waals surface area contributed by atoms with Crippen LogP contribution in [-0.4, -0.2) is 33.3 Å². The van der Waals surface area contributed by atoms with E-state index in [0.29, 0.717) is 13.1 Å². The number of amides is 2. The Morgan fingerprint density at radius 1 is 1.38 bits per heavy atom. The summed E-state index contributed by atoms with van der Waals surface area (Å²) in [4.78, 5) is 15.9. The molecule has 0 aliphatic heterocycles. The molecule has 2 rings (SSSR count). The minimum atomic E-state index is -0.314. The Bertz CT molecular complexity index is 568. The number of rotatable bonds is 6. The van der Waals surface area contributed by atoms with Crippen LogP contribution in [0.1, 0.15) is 18.3 Å². The average molecular weight is 288 g/mol. The summed E-state index contributed by atoms with van der Waals surface area (Å²) in [6, 6.07) is 9.48. The van der Waals surface area contributed by atoms with Crippen LogP contribution in [0.15, 0.2) is 42.7 Å². The van der Waals surface area contributed by atoms with Gasteiger partial charge in [-0.3, -0.25) is 0 Å². The van der Waals surface area contributed by atoms with Crippen molar-refractivity contribution >= 4 is 6.03 Å². The smallest absolute Gasteiger partial charge is 0.315 e. The van der Waals surface area contributed by atoms with Crippen molar-refractivity contribution in [3.63, 3.8) is 0 Å². The third-order valence-corrected chi connectivity index (χ3v) is 3.06. The number of nitrogens with zero attached hydrogens (tertiary/aromatic N) is 2. The quantitative estimate of drug-likeness (QED) is 0.745. The number of benzene rings is 1. The lowest BCUT2D eigenvalue weighted by Crippen LogP contribution is -2.42. The van der Waals surface area contributed by atoms with Gasteiger partial charge in [-0.2, -0.15) is 0 Å². The summed E-state index contributed by atoms with van der Waals surface area (Å²) in [5.41, 5.74) is 1.18. The fraction of sp³-hybridized carbons (Fsp3) is 0.333. The zero-order valence-electron chi connectivity index (χ0n) is 12.0. The Labute approximate surface area is 123 Å². The zero-order chi connectivity index (χ0) is 15.1. The number of imidazole rings is 1. The molecule has 1 atom stereocenters. The first-order valence-electron chi connectivity index (χ1n) is 6.88. The Morgan fingerprint density at radius 2 is 2.14 bits per heavy atom. The first-order chi connectivity index (χ1) is 10.2. The number of hydrogen-bond acceptors (Lipinski definition) is 3. The van der Waals surface area contributed by atoms with E-state index in [0.717, 1.165) is 5.82 Å². The molecule has 112 valence electrons. The fourth-order valence-electron chi connectivity index (χ4n) is 1.91. The average Bonchev–Trinajstić information content (AvgIpc) is 2.93. The van der Waals surface area contributed by atoms with Gasteiger partial charge in [-0.15, -0.1) is 0 Å². The Kier molecular flexibility index (Phi) is 5.34. The molecule has 2 aromatic rings. The van der Waals surface area contributed by atoms with Crippen molar-refractivity contribution in [2.45, 2.75) is 26.1 Å². The summed E-state index contributed by atoms with van der Waals surface area (Å²) in [7, 11) is 0. The molecule has 1 aromatic carbocycles. The van der Waals surface area contributed by atoms with Crippen LogP contribution in [0.3, 0.4) is 0 Å². The van der Waals surface area contributed by atoms with Gasteiger partial charge in [-0.25, -0.2) is 9.78 Å². The first kappa shape index (κ1) is 15.1. The Balaban J connectivity index is 1.90. The van der Waals surface area contributed by atoms with Gasteiger partial charge in [0, 0.05) is 18.9 Å². The highest BCUT2D eigenvalue weighted by Gasteiger charge is 2.08. The number of aromatic nitrogens is 2. The van der Waals surface area contributed by atoms with Crippen molar-refractivity contribution in [3.8, 4) is 0 Å². The van der Waals surface area contributed by atoms with Crippen LogP contribution in [0.4, 0.5) is 4.79 Å². The lowest BCUT2D eigenvalue weighted by atomic mass is 10.2. The third-order valence-electron chi connectivity index (χ3n) is 3.06. The monoisotopic (exact) mass is 288 g/mol. The van der Waals surface area contributed by atoms with Crippen molar-refractivity contribution in [2.75, 3.05) is 6.61 Å². The second kappa shape index (κ2) is 7.44. The molecule has 21 heavy (non-hydrogen) atoms. The van der Waals surface area contributed by atoms with Gasteiger partial charge in [0.2, 0.25) is 0 Å². The van der Waals surface area contributed by atoms with Gasteiger partial charge in [0.05, 0.1) is 19.2 Å². The molecule has 3 N–H and O–H groups in total. The molecule has 0 fully saturated rings. The van der Waals surface area contributed by atoms with Crippen molar-refractivity contribution in [3.05, 3.63) is 54.1 Å². The lowest BCUT2D eigenvalue weighted by Gasteiger charge is -2.12. The molecule has 0 unspecified atom stereocenters. The molecule has 0 saturated carbocycles. The number of urea groups is 1. The van der Waals surface area contributed by atoms with Gasteiger partial charge >= 0.3 is 6.03 Å². The summed E-state index contributed by atoms with van der Waals surface area (Å²) >= 11 is 0. The molecule has 1 heterocycles. The van der Waals surface area contributed by atoms with E-state index in [9.17, 15) is 4.79 Å². The van der Waals surface area contributed by atoms with Crippen molar-refractivity contribution in [1.82, 2.24) is 20.2 Å². The number of carbonyl (C=O) groups is 1. The summed E-state index contributed by atoms with van der Waals surface area (Å²) < 4.78 is 1.99. The number of nitrogens with one attached hydrogen (secondary N) is 2. The lowest BCUT2D eigenvalue weighted by molar-refractivity contribution is 0.220. The maximum absolute atomic E-state index is 11.6. The van der Waals surface area contributed by atoms with E-state index < -0.39 is 0 Å². The summed E-state index contributed by atoms with van der Waals surface area (Å²) in [5, 5.41) is 14.2. The number of aliphatic hydroxyl groups is 1. The SMILES string of the molecule is C[C@@H](CO)NC(=O)NCc1nccn1Cc1ccccc1. The molecule has 2 amide bonds. The van der Waals surface area contributed by atoms with Gasteiger partial charge in [0.15, 0.2) is 0 Å². The molecule has 1 aromatic heterocycles. The largest absolute Gasteiger partial charge is 0.394 e. The maximum Gasteiger partial charge on any atom is 0.315 e. The number of carbonyl (C=O) groups excluding carboxylic acids is 1. The summed E-state index contributed by atoms with van der Waals surface area (Å²) in [6.07, 6.45) is 3.60. The Morgan fingerprint density at radius 3 is 2.86 bits per heavy atom. The van der Waals surface area contributed by atoms with E-state index in [1.165, 1.54) is 5.56 Å². The predicted molar refractivity (Wildman–Crippen MR) is 79.7 cm³/mol. The first-order valence-corrected chi connectivity index (χ1v) is 6.88. The minimum Gasteiger partial charge on any atom is -0.394 e. The third kappa shape index (κ3) is 4.61. The van der Waals surface area contributed by atoms with Crippen LogP contribution in [-0.2, 0) is 13.1 Å². The molecule has 0 saturated heterocycles. The van der Waals surface area contributed by atoms with E-state index in [2.05, 4.69) is 15.6 Å². The molecular formula is C15H20N4O2. The van der Waals surface area contributed by atoms with E-state index >= 15 is 0 Å². The van der Waals surface area contributed by atoms with Crippen LogP contribution < -0.4 is 10.6 Å².